The molecular weight excluding hydrogens is 244 g/mol. The minimum absolute atomic E-state index is 0.282. The topological polar surface area (TPSA) is 68.9 Å². The maximum Gasteiger partial charge on any atom is 0.346 e. The van der Waals surface area contributed by atoms with Crippen molar-refractivity contribution in [3.8, 4) is 0 Å². The summed E-state index contributed by atoms with van der Waals surface area (Å²) in [6.45, 7) is 2.22. The summed E-state index contributed by atoms with van der Waals surface area (Å²) in [6, 6.07) is 0.292. The third-order valence-corrected chi connectivity index (χ3v) is 4.09. The van der Waals surface area contributed by atoms with Gasteiger partial charge in [0, 0.05) is 20.1 Å². The lowest BCUT2D eigenvalue weighted by molar-refractivity contribution is 0.329. The van der Waals surface area contributed by atoms with Crippen LogP contribution in [0.2, 0.25) is 0 Å². The fourth-order valence-corrected chi connectivity index (χ4v) is 2.70. The second-order valence-corrected chi connectivity index (χ2v) is 5.39. The average Bonchev–Trinajstić information content (AvgIpc) is 2.43. The Morgan fingerprint density at radius 1 is 1.21 bits per heavy atom. The Balaban J connectivity index is 2.13. The Morgan fingerprint density at radius 3 is 2.42 bits per heavy atom. The molecule has 1 fully saturated rings. The van der Waals surface area contributed by atoms with Gasteiger partial charge in [0.25, 0.3) is 5.56 Å². The van der Waals surface area contributed by atoms with Crippen molar-refractivity contribution in [1.82, 2.24) is 14.3 Å². The van der Waals surface area contributed by atoms with Crippen molar-refractivity contribution in [2.24, 2.45) is 20.0 Å². The molecule has 0 saturated heterocycles. The molecule has 2 rings (SSSR count). The average molecular weight is 266 g/mol. The molecule has 0 radical (unpaired) electrons. The summed E-state index contributed by atoms with van der Waals surface area (Å²) >= 11 is 0. The molecule has 6 nitrogen and oxygen atoms in total. The van der Waals surface area contributed by atoms with Gasteiger partial charge < -0.3 is 5.32 Å². The maximum absolute atomic E-state index is 12.0. The van der Waals surface area contributed by atoms with E-state index in [0.717, 1.165) is 23.3 Å². The molecule has 0 bridgehead atoms. The first-order valence-electron chi connectivity index (χ1n) is 6.93. The van der Waals surface area contributed by atoms with Crippen LogP contribution in [0.25, 0.3) is 0 Å². The van der Waals surface area contributed by atoms with Crippen LogP contribution in [0.5, 0.6) is 0 Å². The second kappa shape index (κ2) is 5.59. The highest BCUT2D eigenvalue weighted by atomic mass is 16.2. The molecule has 1 aliphatic rings. The molecule has 0 aromatic carbocycles. The van der Waals surface area contributed by atoms with Crippen molar-refractivity contribution in [2.45, 2.75) is 45.1 Å². The van der Waals surface area contributed by atoms with E-state index >= 15 is 0 Å². The molecule has 1 aromatic heterocycles. The van der Waals surface area contributed by atoms with Crippen LogP contribution < -0.4 is 16.6 Å². The first kappa shape index (κ1) is 13.8. The van der Waals surface area contributed by atoms with Gasteiger partial charge in [-0.3, -0.25) is 9.36 Å². The smallest absolute Gasteiger partial charge is 0.346 e. The van der Waals surface area contributed by atoms with Gasteiger partial charge in [0.2, 0.25) is 5.82 Å². The highest BCUT2D eigenvalue weighted by Gasteiger charge is 2.21. The predicted molar refractivity (Wildman–Crippen MR) is 74.4 cm³/mol. The number of hydrogen-bond donors (Lipinski definition) is 1. The lowest BCUT2D eigenvalue weighted by Gasteiger charge is -2.28. The van der Waals surface area contributed by atoms with Crippen molar-refractivity contribution in [3.63, 3.8) is 0 Å². The summed E-state index contributed by atoms with van der Waals surface area (Å²) in [6.07, 6.45) is 5.74. The van der Waals surface area contributed by atoms with Gasteiger partial charge in [-0.05, 0) is 31.6 Å². The number of rotatable bonds is 3. The summed E-state index contributed by atoms with van der Waals surface area (Å²) in [5.74, 6) is 1.10. The quantitative estimate of drug-likeness (QED) is 0.881. The van der Waals surface area contributed by atoms with E-state index < -0.39 is 5.69 Å². The van der Waals surface area contributed by atoms with Crippen molar-refractivity contribution in [3.05, 3.63) is 20.8 Å². The molecule has 0 unspecified atom stereocenters. The van der Waals surface area contributed by atoms with Gasteiger partial charge in [0.15, 0.2) is 0 Å². The lowest BCUT2D eigenvalue weighted by atomic mass is 9.84. The van der Waals surface area contributed by atoms with Crippen molar-refractivity contribution in [2.75, 3.05) is 5.32 Å². The second-order valence-electron chi connectivity index (χ2n) is 5.39. The summed E-state index contributed by atoms with van der Waals surface area (Å²) in [7, 11) is 3.03. The Morgan fingerprint density at radius 2 is 1.84 bits per heavy atom. The molecule has 1 aliphatic carbocycles. The first-order valence-corrected chi connectivity index (χ1v) is 6.93. The van der Waals surface area contributed by atoms with Gasteiger partial charge in [-0.15, -0.1) is 5.10 Å². The molecular formula is C13H22N4O2. The van der Waals surface area contributed by atoms with Crippen molar-refractivity contribution >= 4 is 5.82 Å². The summed E-state index contributed by atoms with van der Waals surface area (Å²) < 4.78 is 2.29. The largest absolute Gasteiger partial charge is 0.361 e. The first-order chi connectivity index (χ1) is 9.02. The maximum atomic E-state index is 12.0. The van der Waals surface area contributed by atoms with Crippen LogP contribution in [0.1, 0.15) is 39.0 Å². The predicted octanol–water partition coefficient (Wildman–Crippen LogP) is 0.860. The van der Waals surface area contributed by atoms with Gasteiger partial charge in [-0.2, -0.15) is 0 Å². The number of anilines is 1. The van der Waals surface area contributed by atoms with Crippen LogP contribution in [0, 0.1) is 5.92 Å². The monoisotopic (exact) mass is 266 g/mol. The zero-order chi connectivity index (χ0) is 14.0. The van der Waals surface area contributed by atoms with Crippen molar-refractivity contribution in [1.29, 1.82) is 0 Å². The number of aryl methyl sites for hydroxylation is 1. The Labute approximate surface area is 112 Å². The molecule has 6 heteroatoms. The number of nitrogens with one attached hydrogen (secondary N) is 1. The fraction of sp³-hybridized carbons (Fsp3) is 0.769. The van der Waals surface area contributed by atoms with E-state index in [2.05, 4.69) is 17.3 Å². The minimum Gasteiger partial charge on any atom is -0.361 e. The zero-order valence-corrected chi connectivity index (χ0v) is 11.8. The molecule has 19 heavy (non-hydrogen) atoms. The zero-order valence-electron chi connectivity index (χ0n) is 11.8. The summed E-state index contributed by atoms with van der Waals surface area (Å²) in [4.78, 5) is 23.5. The van der Waals surface area contributed by atoms with Crippen LogP contribution in [-0.4, -0.2) is 20.4 Å². The summed E-state index contributed by atoms with van der Waals surface area (Å²) in [5, 5.41) is 7.22. The number of hydrogen-bond acceptors (Lipinski definition) is 4. The van der Waals surface area contributed by atoms with Gasteiger partial charge >= 0.3 is 5.69 Å². The normalized spacial score (nSPS) is 23.3. The van der Waals surface area contributed by atoms with E-state index in [0.29, 0.717) is 6.04 Å². The van der Waals surface area contributed by atoms with Gasteiger partial charge in [0.05, 0.1) is 0 Å². The van der Waals surface area contributed by atoms with E-state index in [4.69, 9.17) is 0 Å². The fourth-order valence-electron chi connectivity index (χ4n) is 2.70. The molecule has 1 saturated carbocycles. The number of nitrogens with zero attached hydrogens (tertiary/aromatic N) is 3. The highest BCUT2D eigenvalue weighted by Crippen LogP contribution is 2.27. The Bertz CT molecular complexity index is 553. The Kier molecular flexibility index (Phi) is 4.07. The van der Waals surface area contributed by atoms with Crippen LogP contribution in [0.3, 0.4) is 0 Å². The molecule has 0 atom stereocenters. The standard InChI is InChI=1S/C13H22N4O2/c1-4-9-5-7-10(8-6-9)14-11-12(18)16(2)13(19)17(3)15-11/h9-10H,4-8H2,1-3H3,(H,14,15). The van der Waals surface area contributed by atoms with Gasteiger partial charge in [-0.25, -0.2) is 9.48 Å². The molecule has 0 amide bonds. The van der Waals surface area contributed by atoms with Crippen molar-refractivity contribution < 1.29 is 0 Å². The summed E-state index contributed by atoms with van der Waals surface area (Å²) in [5.41, 5.74) is -0.744. The van der Waals surface area contributed by atoms with Gasteiger partial charge in [-0.1, -0.05) is 13.3 Å². The molecule has 106 valence electrons. The lowest BCUT2D eigenvalue weighted by Crippen LogP contribution is -2.41. The molecule has 1 aromatic rings. The van der Waals surface area contributed by atoms with E-state index in [-0.39, 0.29) is 11.4 Å². The van der Waals surface area contributed by atoms with Crippen LogP contribution in [0.4, 0.5) is 5.82 Å². The molecule has 0 spiro atoms. The van der Waals surface area contributed by atoms with Crippen LogP contribution in [0.15, 0.2) is 9.59 Å². The van der Waals surface area contributed by atoms with E-state index in [1.165, 1.54) is 31.0 Å². The van der Waals surface area contributed by atoms with Gasteiger partial charge in [0.1, 0.15) is 0 Å². The molecule has 1 N–H and O–H groups in total. The van der Waals surface area contributed by atoms with Crippen LogP contribution in [-0.2, 0) is 14.1 Å². The van der Waals surface area contributed by atoms with Crippen LogP contribution >= 0.6 is 0 Å². The highest BCUT2D eigenvalue weighted by molar-refractivity contribution is 5.31. The Hall–Kier alpha value is -1.59. The SMILES string of the molecule is CCC1CCC(Nc2nn(C)c(=O)n(C)c2=O)CC1. The van der Waals surface area contributed by atoms with E-state index in [1.807, 2.05) is 0 Å². The third kappa shape index (κ3) is 2.88. The molecule has 0 aliphatic heterocycles. The minimum atomic E-state index is -0.398. The van der Waals surface area contributed by atoms with E-state index in [9.17, 15) is 9.59 Å². The third-order valence-electron chi connectivity index (χ3n) is 4.09. The number of aromatic nitrogens is 3. The molecule has 1 heterocycles. The van der Waals surface area contributed by atoms with E-state index in [1.54, 1.807) is 7.05 Å².